The van der Waals surface area contributed by atoms with E-state index < -0.39 is 0 Å². The molecule has 0 heterocycles. The fraction of sp³-hybridized carbons (Fsp3) is 0.833. The van der Waals surface area contributed by atoms with Crippen molar-refractivity contribution in [3.63, 3.8) is 0 Å². The number of nitrogens with zero attached hydrogens (tertiary/aromatic N) is 1. The van der Waals surface area contributed by atoms with Crippen LogP contribution in [0.2, 0.25) is 0 Å². The molecule has 0 rings (SSSR count). The van der Waals surface area contributed by atoms with Crippen LogP contribution in [0.3, 0.4) is 0 Å². The van der Waals surface area contributed by atoms with Crippen LogP contribution in [-0.4, -0.2) is 37.6 Å². The van der Waals surface area contributed by atoms with Crippen molar-refractivity contribution in [2.24, 2.45) is 0 Å². The molecular weight excluding hydrogens is 172 g/mol. The standard InChI is InChI=1S/C12H24N2/c1-4-7-8-9-10-13-11-12-14(5-2)6-3/h1,13H,5-12H2,2-3H3. The highest BCUT2D eigenvalue weighted by Gasteiger charge is 1.96. The van der Waals surface area contributed by atoms with Gasteiger partial charge in [0.25, 0.3) is 0 Å². The molecule has 0 unspecified atom stereocenters. The van der Waals surface area contributed by atoms with Gasteiger partial charge < -0.3 is 10.2 Å². The Morgan fingerprint density at radius 3 is 2.43 bits per heavy atom. The number of likely N-dealkylation sites (N-methyl/N-ethyl adjacent to an activating group) is 1. The average Bonchev–Trinajstić information content (AvgIpc) is 2.22. The highest BCUT2D eigenvalue weighted by atomic mass is 15.1. The minimum Gasteiger partial charge on any atom is -0.315 e. The summed E-state index contributed by atoms with van der Waals surface area (Å²) in [5.41, 5.74) is 0. The van der Waals surface area contributed by atoms with E-state index in [1.54, 1.807) is 0 Å². The third-order valence-corrected chi connectivity index (χ3v) is 2.42. The Morgan fingerprint density at radius 1 is 1.14 bits per heavy atom. The van der Waals surface area contributed by atoms with Crippen LogP contribution in [0.15, 0.2) is 0 Å². The number of nitrogens with one attached hydrogen (secondary N) is 1. The van der Waals surface area contributed by atoms with Crippen LogP contribution in [-0.2, 0) is 0 Å². The van der Waals surface area contributed by atoms with E-state index >= 15 is 0 Å². The fourth-order valence-electron chi connectivity index (χ4n) is 1.38. The van der Waals surface area contributed by atoms with E-state index in [1.807, 2.05) is 0 Å². The summed E-state index contributed by atoms with van der Waals surface area (Å²) in [5.74, 6) is 2.66. The van der Waals surface area contributed by atoms with E-state index in [1.165, 1.54) is 6.42 Å². The molecule has 0 bridgehead atoms. The summed E-state index contributed by atoms with van der Waals surface area (Å²) < 4.78 is 0. The van der Waals surface area contributed by atoms with Crippen LogP contribution in [0.5, 0.6) is 0 Å². The Hall–Kier alpha value is -0.520. The summed E-state index contributed by atoms with van der Waals surface area (Å²) in [6, 6.07) is 0. The first-order chi connectivity index (χ1) is 6.85. The molecule has 0 radical (unpaired) electrons. The molecule has 0 saturated heterocycles. The first-order valence-corrected chi connectivity index (χ1v) is 5.71. The van der Waals surface area contributed by atoms with Gasteiger partial charge in [-0.3, -0.25) is 0 Å². The van der Waals surface area contributed by atoms with Gasteiger partial charge in [0.05, 0.1) is 0 Å². The zero-order valence-corrected chi connectivity index (χ0v) is 9.68. The SMILES string of the molecule is C#CCCCCNCCN(CC)CC. The van der Waals surface area contributed by atoms with Crippen LogP contribution in [0.1, 0.15) is 33.1 Å². The summed E-state index contributed by atoms with van der Waals surface area (Å²) in [6.07, 6.45) is 8.43. The Bertz CT molecular complexity index is 145. The molecule has 1 N–H and O–H groups in total. The minimum absolute atomic E-state index is 0.914. The molecule has 0 aliphatic heterocycles. The van der Waals surface area contributed by atoms with Gasteiger partial charge in [-0.2, -0.15) is 0 Å². The van der Waals surface area contributed by atoms with Gasteiger partial charge in [0.2, 0.25) is 0 Å². The lowest BCUT2D eigenvalue weighted by Crippen LogP contribution is -2.32. The maximum atomic E-state index is 5.17. The highest BCUT2D eigenvalue weighted by molar-refractivity contribution is 4.82. The lowest BCUT2D eigenvalue weighted by molar-refractivity contribution is 0.302. The maximum Gasteiger partial charge on any atom is 0.0107 e. The maximum absolute atomic E-state index is 5.17. The molecule has 0 fully saturated rings. The number of hydrogen-bond donors (Lipinski definition) is 1. The van der Waals surface area contributed by atoms with Gasteiger partial charge in [-0.1, -0.05) is 13.8 Å². The summed E-state index contributed by atoms with van der Waals surface area (Å²) in [6.45, 7) is 10.1. The highest BCUT2D eigenvalue weighted by Crippen LogP contribution is 1.91. The van der Waals surface area contributed by atoms with Crippen LogP contribution in [0.4, 0.5) is 0 Å². The molecule has 82 valence electrons. The predicted molar refractivity (Wildman–Crippen MR) is 63.3 cm³/mol. The molecule has 0 aromatic heterocycles. The van der Waals surface area contributed by atoms with Gasteiger partial charge >= 0.3 is 0 Å². The summed E-state index contributed by atoms with van der Waals surface area (Å²) in [5, 5.41) is 3.43. The second-order valence-corrected chi connectivity index (χ2v) is 3.44. The van der Waals surface area contributed by atoms with Crippen molar-refractivity contribution in [3.05, 3.63) is 0 Å². The van der Waals surface area contributed by atoms with Gasteiger partial charge in [0.15, 0.2) is 0 Å². The number of rotatable bonds is 9. The Kier molecular flexibility index (Phi) is 10.2. The lowest BCUT2D eigenvalue weighted by atomic mass is 10.2. The minimum atomic E-state index is 0.914. The largest absolute Gasteiger partial charge is 0.315 e. The van der Waals surface area contributed by atoms with Crippen molar-refractivity contribution in [2.45, 2.75) is 33.1 Å². The third-order valence-electron chi connectivity index (χ3n) is 2.42. The van der Waals surface area contributed by atoms with Gasteiger partial charge in [0.1, 0.15) is 0 Å². The first kappa shape index (κ1) is 13.5. The summed E-state index contributed by atoms with van der Waals surface area (Å²) >= 11 is 0. The molecular formula is C12H24N2. The predicted octanol–water partition coefficient (Wildman–Crippen LogP) is 1.72. The van der Waals surface area contributed by atoms with Crippen LogP contribution >= 0.6 is 0 Å². The van der Waals surface area contributed by atoms with Gasteiger partial charge in [-0.25, -0.2) is 0 Å². The Balaban J connectivity index is 3.09. The van der Waals surface area contributed by atoms with Crippen molar-refractivity contribution in [3.8, 4) is 12.3 Å². The van der Waals surface area contributed by atoms with Crippen LogP contribution in [0.25, 0.3) is 0 Å². The van der Waals surface area contributed by atoms with Crippen molar-refractivity contribution >= 4 is 0 Å². The van der Waals surface area contributed by atoms with Crippen molar-refractivity contribution < 1.29 is 0 Å². The van der Waals surface area contributed by atoms with Crippen molar-refractivity contribution in [1.29, 1.82) is 0 Å². The van der Waals surface area contributed by atoms with Crippen molar-refractivity contribution in [2.75, 3.05) is 32.7 Å². The zero-order valence-electron chi connectivity index (χ0n) is 9.68. The average molecular weight is 196 g/mol. The molecule has 0 amide bonds. The molecule has 0 aliphatic carbocycles. The monoisotopic (exact) mass is 196 g/mol. The fourth-order valence-corrected chi connectivity index (χ4v) is 1.38. The molecule has 2 nitrogen and oxygen atoms in total. The topological polar surface area (TPSA) is 15.3 Å². The molecule has 0 aromatic carbocycles. The second kappa shape index (κ2) is 10.6. The molecule has 2 heteroatoms. The van der Waals surface area contributed by atoms with Gasteiger partial charge in [0, 0.05) is 19.5 Å². The van der Waals surface area contributed by atoms with Crippen molar-refractivity contribution in [1.82, 2.24) is 10.2 Å². The molecule has 0 atom stereocenters. The molecule has 14 heavy (non-hydrogen) atoms. The quantitative estimate of drug-likeness (QED) is 0.446. The Morgan fingerprint density at radius 2 is 1.86 bits per heavy atom. The molecule has 0 aromatic rings. The van der Waals surface area contributed by atoms with E-state index in [9.17, 15) is 0 Å². The van der Waals surface area contributed by atoms with E-state index in [0.717, 1.165) is 45.6 Å². The molecule has 0 aliphatic rings. The first-order valence-electron chi connectivity index (χ1n) is 5.71. The summed E-state index contributed by atoms with van der Waals surface area (Å²) in [7, 11) is 0. The smallest absolute Gasteiger partial charge is 0.0107 e. The zero-order chi connectivity index (χ0) is 10.6. The lowest BCUT2D eigenvalue weighted by Gasteiger charge is -2.17. The number of unbranched alkanes of at least 4 members (excludes halogenated alkanes) is 2. The van der Waals surface area contributed by atoms with E-state index in [4.69, 9.17) is 6.42 Å². The van der Waals surface area contributed by atoms with Crippen LogP contribution < -0.4 is 5.32 Å². The van der Waals surface area contributed by atoms with E-state index in [2.05, 4.69) is 30.0 Å². The van der Waals surface area contributed by atoms with Crippen LogP contribution in [0, 0.1) is 12.3 Å². The van der Waals surface area contributed by atoms with E-state index in [0.29, 0.717) is 0 Å². The van der Waals surface area contributed by atoms with Gasteiger partial charge in [-0.15, -0.1) is 12.3 Å². The Labute approximate surface area is 89.1 Å². The second-order valence-electron chi connectivity index (χ2n) is 3.44. The number of terminal acetylenes is 1. The van der Waals surface area contributed by atoms with Gasteiger partial charge in [-0.05, 0) is 32.5 Å². The summed E-state index contributed by atoms with van der Waals surface area (Å²) in [4.78, 5) is 2.43. The normalized spacial score (nSPS) is 10.4. The molecule has 0 spiro atoms. The molecule has 0 saturated carbocycles. The van der Waals surface area contributed by atoms with E-state index in [-0.39, 0.29) is 0 Å². The third kappa shape index (κ3) is 8.10. The number of hydrogen-bond acceptors (Lipinski definition) is 2.